The van der Waals surface area contributed by atoms with E-state index in [0.717, 1.165) is 16.7 Å². The second kappa shape index (κ2) is 7.67. The molecule has 0 bridgehead atoms. The molecule has 2 N–H and O–H groups in total. The Balaban J connectivity index is 1.83. The number of aliphatic hydroxyl groups is 2. The molecular formula is C20H21ClO4. The van der Waals surface area contributed by atoms with E-state index in [-0.39, 0.29) is 6.42 Å². The Morgan fingerprint density at radius 3 is 2.60 bits per heavy atom. The van der Waals surface area contributed by atoms with Gasteiger partial charge in [-0.15, -0.1) is 0 Å². The van der Waals surface area contributed by atoms with Gasteiger partial charge in [-0.2, -0.15) is 0 Å². The lowest BCUT2D eigenvalue weighted by Crippen LogP contribution is -2.43. The number of ether oxygens (including phenoxy) is 1. The Hall–Kier alpha value is -1.72. The average molecular weight is 361 g/mol. The van der Waals surface area contributed by atoms with E-state index in [1.807, 2.05) is 19.1 Å². The number of ketones is 1. The van der Waals surface area contributed by atoms with Crippen molar-refractivity contribution >= 4 is 17.4 Å². The highest BCUT2D eigenvalue weighted by Gasteiger charge is 2.36. The average Bonchev–Trinajstić information content (AvgIpc) is 2.61. The SMILES string of the molecule is Cc1ccc(Cc2cc(C3CC(O)C(=O)C(CO)O3)ccc2Cl)cc1. The lowest BCUT2D eigenvalue weighted by molar-refractivity contribution is -0.161. The molecule has 25 heavy (non-hydrogen) atoms. The minimum atomic E-state index is -1.12. The van der Waals surface area contributed by atoms with E-state index >= 15 is 0 Å². The van der Waals surface area contributed by atoms with Crippen molar-refractivity contribution in [3.8, 4) is 0 Å². The highest BCUT2D eigenvalue weighted by molar-refractivity contribution is 6.31. The predicted octanol–water partition coefficient (Wildman–Crippen LogP) is 2.99. The van der Waals surface area contributed by atoms with Gasteiger partial charge in [-0.1, -0.05) is 53.6 Å². The second-order valence-electron chi connectivity index (χ2n) is 6.46. The molecule has 0 saturated carbocycles. The van der Waals surface area contributed by atoms with Crippen molar-refractivity contribution in [2.75, 3.05) is 6.61 Å². The molecule has 3 rings (SSSR count). The molecule has 0 radical (unpaired) electrons. The van der Waals surface area contributed by atoms with Crippen molar-refractivity contribution in [2.24, 2.45) is 0 Å². The van der Waals surface area contributed by atoms with E-state index in [1.54, 1.807) is 6.07 Å². The largest absolute Gasteiger partial charge is 0.393 e. The van der Waals surface area contributed by atoms with Crippen molar-refractivity contribution in [3.05, 3.63) is 69.7 Å². The molecule has 1 aliphatic heterocycles. The third-order valence-electron chi connectivity index (χ3n) is 4.53. The molecule has 5 heteroatoms. The maximum Gasteiger partial charge on any atom is 0.192 e. The smallest absolute Gasteiger partial charge is 0.192 e. The summed E-state index contributed by atoms with van der Waals surface area (Å²) in [4.78, 5) is 11.8. The highest BCUT2D eigenvalue weighted by atomic mass is 35.5. The van der Waals surface area contributed by atoms with Crippen LogP contribution in [0.4, 0.5) is 0 Å². The van der Waals surface area contributed by atoms with Crippen LogP contribution in [-0.2, 0) is 16.0 Å². The number of halogens is 1. The second-order valence-corrected chi connectivity index (χ2v) is 6.87. The van der Waals surface area contributed by atoms with Gasteiger partial charge in [0.05, 0.1) is 12.7 Å². The number of carbonyl (C=O) groups is 1. The molecule has 0 spiro atoms. The number of hydrogen-bond donors (Lipinski definition) is 2. The molecule has 3 unspecified atom stereocenters. The number of hydrogen-bond acceptors (Lipinski definition) is 4. The first-order valence-electron chi connectivity index (χ1n) is 8.30. The highest BCUT2D eigenvalue weighted by Crippen LogP contribution is 2.32. The van der Waals surface area contributed by atoms with Gasteiger partial charge in [-0.05, 0) is 36.1 Å². The van der Waals surface area contributed by atoms with Gasteiger partial charge in [-0.3, -0.25) is 4.79 Å². The van der Waals surface area contributed by atoms with Crippen LogP contribution in [0.1, 0.15) is 34.8 Å². The minimum absolute atomic E-state index is 0.181. The van der Waals surface area contributed by atoms with Gasteiger partial charge in [0.1, 0.15) is 12.2 Å². The number of aliphatic hydroxyl groups excluding tert-OH is 2. The van der Waals surface area contributed by atoms with Crippen LogP contribution < -0.4 is 0 Å². The van der Waals surface area contributed by atoms with E-state index in [4.69, 9.17) is 16.3 Å². The summed E-state index contributed by atoms with van der Waals surface area (Å²) in [5, 5.41) is 19.9. The van der Waals surface area contributed by atoms with Crippen LogP contribution in [0, 0.1) is 6.92 Å². The topological polar surface area (TPSA) is 66.8 Å². The molecule has 1 heterocycles. The van der Waals surface area contributed by atoms with Crippen LogP contribution in [-0.4, -0.2) is 34.8 Å². The fraction of sp³-hybridized carbons (Fsp3) is 0.350. The summed E-state index contributed by atoms with van der Waals surface area (Å²) >= 11 is 6.34. The molecule has 2 aromatic carbocycles. The summed E-state index contributed by atoms with van der Waals surface area (Å²) in [6, 6.07) is 13.8. The lowest BCUT2D eigenvalue weighted by Gasteiger charge is -2.31. The van der Waals surface area contributed by atoms with Gasteiger partial charge in [-0.25, -0.2) is 0 Å². The molecule has 1 saturated heterocycles. The molecule has 2 aromatic rings. The Morgan fingerprint density at radius 1 is 1.20 bits per heavy atom. The van der Waals surface area contributed by atoms with Gasteiger partial charge >= 0.3 is 0 Å². The number of Topliss-reactive ketones (excluding diaryl/α,β-unsaturated/α-hetero) is 1. The van der Waals surface area contributed by atoms with E-state index in [9.17, 15) is 15.0 Å². The standard InChI is InChI=1S/C20H21ClO4/c1-12-2-4-13(5-3-12)8-15-9-14(6-7-16(15)21)18-10-17(23)20(24)19(11-22)25-18/h2-7,9,17-19,22-23H,8,10-11H2,1H3. The number of benzene rings is 2. The fourth-order valence-corrected chi connectivity index (χ4v) is 3.24. The zero-order valence-corrected chi connectivity index (χ0v) is 14.7. The molecule has 132 valence electrons. The quantitative estimate of drug-likeness (QED) is 0.879. The summed E-state index contributed by atoms with van der Waals surface area (Å²) in [6.45, 7) is 1.61. The first-order valence-corrected chi connectivity index (χ1v) is 8.67. The molecule has 0 aliphatic carbocycles. The van der Waals surface area contributed by atoms with Crippen molar-refractivity contribution in [3.63, 3.8) is 0 Å². The summed E-state index contributed by atoms with van der Waals surface area (Å²) in [7, 11) is 0. The predicted molar refractivity (Wildman–Crippen MR) is 95.8 cm³/mol. The van der Waals surface area contributed by atoms with Crippen molar-refractivity contribution < 1.29 is 19.7 Å². The van der Waals surface area contributed by atoms with Crippen molar-refractivity contribution in [1.29, 1.82) is 0 Å². The summed E-state index contributed by atoms with van der Waals surface area (Å²) in [6.07, 6.45) is -1.68. The van der Waals surface area contributed by atoms with E-state index < -0.39 is 30.7 Å². The van der Waals surface area contributed by atoms with Gasteiger partial charge in [0.15, 0.2) is 5.78 Å². The van der Waals surface area contributed by atoms with Crippen LogP contribution in [0.5, 0.6) is 0 Å². The number of carbonyl (C=O) groups excluding carboxylic acids is 1. The normalized spacial score (nSPS) is 23.7. The van der Waals surface area contributed by atoms with Gasteiger partial charge < -0.3 is 14.9 Å². The Bertz CT molecular complexity index is 757. The van der Waals surface area contributed by atoms with Crippen LogP contribution in [0.25, 0.3) is 0 Å². The fourth-order valence-electron chi connectivity index (χ4n) is 3.06. The molecule has 4 nitrogen and oxygen atoms in total. The Kier molecular flexibility index (Phi) is 5.54. The third kappa shape index (κ3) is 4.10. The zero-order chi connectivity index (χ0) is 18.0. The van der Waals surface area contributed by atoms with Gasteiger partial charge in [0.25, 0.3) is 0 Å². The first-order chi connectivity index (χ1) is 12.0. The van der Waals surface area contributed by atoms with E-state index in [1.165, 1.54) is 5.56 Å². The molecule has 0 amide bonds. The van der Waals surface area contributed by atoms with Gasteiger partial charge in [0, 0.05) is 11.4 Å². The van der Waals surface area contributed by atoms with Gasteiger partial charge in [0.2, 0.25) is 0 Å². The van der Waals surface area contributed by atoms with Crippen LogP contribution in [0.3, 0.4) is 0 Å². The molecule has 1 aliphatic rings. The molecular weight excluding hydrogens is 340 g/mol. The summed E-state index contributed by atoms with van der Waals surface area (Å²) in [5.41, 5.74) is 4.15. The maximum atomic E-state index is 11.8. The third-order valence-corrected chi connectivity index (χ3v) is 4.90. The Morgan fingerprint density at radius 2 is 1.92 bits per heavy atom. The zero-order valence-electron chi connectivity index (χ0n) is 14.0. The van der Waals surface area contributed by atoms with Crippen LogP contribution >= 0.6 is 11.6 Å². The molecule has 1 fully saturated rings. The van der Waals surface area contributed by atoms with E-state index in [2.05, 4.69) is 24.3 Å². The first kappa shape index (κ1) is 18.1. The number of rotatable bonds is 4. The summed E-state index contributed by atoms with van der Waals surface area (Å²) < 4.78 is 5.66. The molecule has 3 atom stereocenters. The van der Waals surface area contributed by atoms with Crippen molar-refractivity contribution in [2.45, 2.75) is 38.1 Å². The Labute approximate surface area is 152 Å². The maximum absolute atomic E-state index is 11.8. The minimum Gasteiger partial charge on any atom is -0.393 e. The number of aryl methyl sites for hydroxylation is 1. The van der Waals surface area contributed by atoms with Crippen LogP contribution in [0.15, 0.2) is 42.5 Å². The van der Waals surface area contributed by atoms with E-state index in [0.29, 0.717) is 11.4 Å². The lowest BCUT2D eigenvalue weighted by atomic mass is 9.93. The monoisotopic (exact) mass is 360 g/mol. The van der Waals surface area contributed by atoms with Crippen molar-refractivity contribution in [1.82, 2.24) is 0 Å². The summed E-state index contributed by atoms with van der Waals surface area (Å²) in [5.74, 6) is -0.465. The van der Waals surface area contributed by atoms with Crippen LogP contribution in [0.2, 0.25) is 5.02 Å². The molecule has 0 aromatic heterocycles.